The van der Waals surface area contributed by atoms with Crippen molar-refractivity contribution in [2.45, 2.75) is 23.8 Å². The summed E-state index contributed by atoms with van der Waals surface area (Å²) in [5.74, 6) is 0.218. The number of carbonyl (C=O) groups excluding carboxylic acids is 2. The van der Waals surface area contributed by atoms with Crippen molar-refractivity contribution in [3.63, 3.8) is 0 Å². The molecule has 0 saturated carbocycles. The zero-order valence-corrected chi connectivity index (χ0v) is 20.2. The Morgan fingerprint density at radius 2 is 1.74 bits per heavy atom. The molecule has 0 radical (unpaired) electrons. The van der Waals surface area contributed by atoms with Crippen LogP contribution >= 0.6 is 0 Å². The first-order valence-corrected chi connectivity index (χ1v) is 12.2. The number of benzene rings is 2. The minimum Gasteiger partial charge on any atom is -0.493 e. The molecule has 34 heavy (non-hydrogen) atoms. The largest absolute Gasteiger partial charge is 0.493 e. The minimum atomic E-state index is -3.89. The van der Waals surface area contributed by atoms with Crippen LogP contribution < -0.4 is 19.5 Å². The molecule has 1 saturated heterocycles. The van der Waals surface area contributed by atoms with Crippen LogP contribution in [0.25, 0.3) is 0 Å². The predicted molar refractivity (Wildman–Crippen MR) is 126 cm³/mol. The van der Waals surface area contributed by atoms with Gasteiger partial charge in [0.15, 0.2) is 11.5 Å². The molecule has 2 aromatic rings. The van der Waals surface area contributed by atoms with Crippen molar-refractivity contribution in [2.75, 3.05) is 45.7 Å². The number of sulfonamides is 1. The molecule has 1 atom stereocenters. The van der Waals surface area contributed by atoms with Gasteiger partial charge in [0, 0.05) is 37.5 Å². The number of likely N-dealkylation sites (tertiary alicyclic amines) is 1. The van der Waals surface area contributed by atoms with Crippen LogP contribution in [0.5, 0.6) is 11.5 Å². The maximum Gasteiger partial charge on any atom is 0.262 e. The number of hydrogen-bond acceptors (Lipinski definition) is 7. The highest BCUT2D eigenvalue weighted by Gasteiger charge is 2.34. The lowest BCUT2D eigenvalue weighted by molar-refractivity contribution is -0.125. The van der Waals surface area contributed by atoms with Crippen molar-refractivity contribution < 1.29 is 32.2 Å². The molecule has 2 aromatic carbocycles. The first-order valence-electron chi connectivity index (χ1n) is 10.7. The second-order valence-corrected chi connectivity index (χ2v) is 9.32. The van der Waals surface area contributed by atoms with Gasteiger partial charge in [-0.15, -0.1) is 0 Å². The summed E-state index contributed by atoms with van der Waals surface area (Å²) in [5.41, 5.74) is 0.660. The third-order valence-corrected chi connectivity index (χ3v) is 6.85. The number of methoxy groups -OCH3 is 3. The number of carbonyl (C=O) groups is 2. The van der Waals surface area contributed by atoms with Gasteiger partial charge in [0.2, 0.25) is 5.91 Å². The van der Waals surface area contributed by atoms with E-state index in [4.69, 9.17) is 14.2 Å². The molecule has 2 amide bonds. The number of rotatable bonds is 10. The number of amides is 2. The van der Waals surface area contributed by atoms with Crippen LogP contribution in [0.2, 0.25) is 0 Å². The molecule has 2 N–H and O–H groups in total. The van der Waals surface area contributed by atoms with Gasteiger partial charge in [0.05, 0.1) is 25.7 Å². The molecule has 1 aliphatic heterocycles. The standard InChI is InChI=1S/C23H29N3O7S/c1-31-14-12-24-22(27)19-5-4-13-26(19)23(28)16-6-8-17(9-7-16)25-34(29,30)18-10-11-20(32-2)21(15-18)33-3/h6-11,15,19,25H,4-5,12-14H2,1-3H3,(H,24,27). The van der Waals surface area contributed by atoms with E-state index < -0.39 is 16.1 Å². The Morgan fingerprint density at radius 1 is 1.03 bits per heavy atom. The number of nitrogens with one attached hydrogen (secondary N) is 2. The van der Waals surface area contributed by atoms with Crippen LogP contribution in [0.3, 0.4) is 0 Å². The lowest BCUT2D eigenvalue weighted by Crippen LogP contribution is -2.46. The van der Waals surface area contributed by atoms with Crippen LogP contribution in [0, 0.1) is 0 Å². The van der Waals surface area contributed by atoms with E-state index in [1.54, 1.807) is 12.0 Å². The maximum absolute atomic E-state index is 13.0. The number of anilines is 1. The topological polar surface area (TPSA) is 123 Å². The summed E-state index contributed by atoms with van der Waals surface area (Å²) in [5, 5.41) is 2.78. The quantitative estimate of drug-likeness (QED) is 0.487. The second-order valence-electron chi connectivity index (χ2n) is 7.64. The van der Waals surface area contributed by atoms with E-state index in [2.05, 4.69) is 10.0 Å². The van der Waals surface area contributed by atoms with Crippen LogP contribution in [-0.4, -0.2) is 72.2 Å². The molecule has 3 rings (SSSR count). The summed E-state index contributed by atoms with van der Waals surface area (Å²) < 4.78 is 43.3. The summed E-state index contributed by atoms with van der Waals surface area (Å²) in [6, 6.07) is 9.84. The van der Waals surface area contributed by atoms with E-state index in [0.717, 1.165) is 6.42 Å². The molecule has 0 aromatic heterocycles. The summed E-state index contributed by atoms with van der Waals surface area (Å²) in [6.07, 6.45) is 1.32. The Bertz CT molecular complexity index is 1120. The number of ether oxygens (including phenoxy) is 3. The Hall–Kier alpha value is -3.31. The van der Waals surface area contributed by atoms with E-state index in [9.17, 15) is 18.0 Å². The van der Waals surface area contributed by atoms with Crippen LogP contribution in [0.15, 0.2) is 47.4 Å². The Labute approximate surface area is 199 Å². The fourth-order valence-electron chi connectivity index (χ4n) is 3.72. The van der Waals surface area contributed by atoms with Crippen LogP contribution in [-0.2, 0) is 19.6 Å². The van der Waals surface area contributed by atoms with E-state index in [0.29, 0.717) is 43.1 Å². The number of nitrogens with zero attached hydrogens (tertiary/aromatic N) is 1. The molecule has 1 fully saturated rings. The number of hydrogen-bond donors (Lipinski definition) is 2. The monoisotopic (exact) mass is 491 g/mol. The highest BCUT2D eigenvalue weighted by molar-refractivity contribution is 7.92. The Balaban J connectivity index is 1.70. The first kappa shape index (κ1) is 25.3. The van der Waals surface area contributed by atoms with Crippen molar-refractivity contribution in [3.05, 3.63) is 48.0 Å². The lowest BCUT2D eigenvalue weighted by Gasteiger charge is -2.24. The van der Waals surface area contributed by atoms with Gasteiger partial charge in [0.25, 0.3) is 15.9 Å². The lowest BCUT2D eigenvalue weighted by atomic mass is 10.1. The molecule has 184 valence electrons. The summed E-state index contributed by atoms with van der Waals surface area (Å²) in [7, 11) is 0.542. The smallest absolute Gasteiger partial charge is 0.262 e. The zero-order chi connectivity index (χ0) is 24.7. The van der Waals surface area contributed by atoms with Crippen LogP contribution in [0.4, 0.5) is 5.69 Å². The highest BCUT2D eigenvalue weighted by Crippen LogP contribution is 2.30. The third-order valence-electron chi connectivity index (χ3n) is 5.47. The summed E-state index contributed by atoms with van der Waals surface area (Å²) >= 11 is 0. The van der Waals surface area contributed by atoms with Gasteiger partial charge in [-0.2, -0.15) is 0 Å². The van der Waals surface area contributed by atoms with Gasteiger partial charge in [0.1, 0.15) is 6.04 Å². The summed E-state index contributed by atoms with van der Waals surface area (Å²) in [4.78, 5) is 27.0. The van der Waals surface area contributed by atoms with Crippen molar-refractivity contribution in [2.24, 2.45) is 0 Å². The van der Waals surface area contributed by atoms with Crippen molar-refractivity contribution in [3.8, 4) is 11.5 Å². The highest BCUT2D eigenvalue weighted by atomic mass is 32.2. The molecule has 0 spiro atoms. The van der Waals surface area contributed by atoms with Gasteiger partial charge >= 0.3 is 0 Å². The van der Waals surface area contributed by atoms with Crippen LogP contribution in [0.1, 0.15) is 23.2 Å². The van der Waals surface area contributed by atoms with Gasteiger partial charge in [-0.1, -0.05) is 0 Å². The van der Waals surface area contributed by atoms with Crippen molar-refractivity contribution in [1.29, 1.82) is 0 Å². The maximum atomic E-state index is 13.0. The normalized spacial score (nSPS) is 15.6. The fourth-order valence-corrected chi connectivity index (χ4v) is 4.79. The Morgan fingerprint density at radius 3 is 2.38 bits per heavy atom. The molecule has 1 unspecified atom stereocenters. The van der Waals surface area contributed by atoms with Gasteiger partial charge in [-0.3, -0.25) is 14.3 Å². The fraction of sp³-hybridized carbons (Fsp3) is 0.391. The SMILES string of the molecule is COCCNC(=O)C1CCCN1C(=O)c1ccc(NS(=O)(=O)c2ccc(OC)c(OC)c2)cc1. The van der Waals surface area contributed by atoms with Gasteiger partial charge in [-0.05, 0) is 49.2 Å². The predicted octanol–water partition coefficient (Wildman–Crippen LogP) is 1.87. The minimum absolute atomic E-state index is 0.00435. The van der Waals surface area contributed by atoms with Crippen molar-refractivity contribution >= 4 is 27.5 Å². The average molecular weight is 492 g/mol. The summed E-state index contributed by atoms with van der Waals surface area (Å²) in [6.45, 7) is 1.25. The Kier molecular flexibility index (Phi) is 8.35. The van der Waals surface area contributed by atoms with E-state index in [-0.39, 0.29) is 22.5 Å². The average Bonchev–Trinajstić information content (AvgIpc) is 3.33. The zero-order valence-electron chi connectivity index (χ0n) is 19.4. The van der Waals surface area contributed by atoms with Gasteiger partial charge < -0.3 is 24.4 Å². The molecule has 0 bridgehead atoms. The van der Waals surface area contributed by atoms with Crippen molar-refractivity contribution in [1.82, 2.24) is 10.2 Å². The molecular weight excluding hydrogens is 462 g/mol. The molecule has 1 aliphatic rings. The molecule has 11 heteroatoms. The molecular formula is C23H29N3O7S. The van der Waals surface area contributed by atoms with E-state index in [1.165, 1.54) is 56.7 Å². The molecule has 1 heterocycles. The van der Waals surface area contributed by atoms with E-state index >= 15 is 0 Å². The third kappa shape index (κ3) is 5.78. The second kappa shape index (κ2) is 11.2. The van der Waals surface area contributed by atoms with E-state index in [1.807, 2.05) is 0 Å². The molecule has 10 nitrogen and oxygen atoms in total. The molecule has 0 aliphatic carbocycles. The van der Waals surface area contributed by atoms with Gasteiger partial charge in [-0.25, -0.2) is 8.42 Å². The first-order chi connectivity index (χ1) is 16.3.